The zero-order valence-electron chi connectivity index (χ0n) is 31.9. The van der Waals surface area contributed by atoms with Gasteiger partial charge in [-0.25, -0.2) is 0 Å². The first-order valence-corrected chi connectivity index (χ1v) is 22.3. The molecule has 3 N–H and O–H groups in total. The van der Waals surface area contributed by atoms with Gasteiger partial charge in [0.1, 0.15) is 5.54 Å². The Morgan fingerprint density at radius 2 is 1.77 bits per heavy atom. The van der Waals surface area contributed by atoms with E-state index in [4.69, 9.17) is 4.74 Å². The van der Waals surface area contributed by atoms with Crippen LogP contribution < -0.4 is 20.0 Å². The van der Waals surface area contributed by atoms with Crippen LogP contribution in [0.25, 0.3) is 0 Å². The molecule has 4 aromatic rings. The number of fused-ring (bicyclic) bond motifs is 2. The van der Waals surface area contributed by atoms with Gasteiger partial charge in [-0.1, -0.05) is 42.5 Å². The van der Waals surface area contributed by atoms with Crippen LogP contribution in [0.2, 0.25) is 18.6 Å². The number of non-ortho nitro benzene ring substituents is 1. The van der Waals surface area contributed by atoms with Crippen LogP contribution in [0.5, 0.6) is 0 Å². The lowest BCUT2D eigenvalue weighted by molar-refractivity contribution is -0.385. The number of hydrogen-bond acceptors (Lipinski definition) is 11. The van der Waals surface area contributed by atoms with E-state index in [0.717, 1.165) is 30.0 Å². The average molecular weight is 781 g/mol. The van der Waals surface area contributed by atoms with Crippen LogP contribution in [0.15, 0.2) is 79.0 Å². The van der Waals surface area contributed by atoms with E-state index in [1.54, 1.807) is 21.8 Å². The van der Waals surface area contributed by atoms with E-state index < -0.39 is 41.9 Å². The van der Waals surface area contributed by atoms with Crippen molar-refractivity contribution < 1.29 is 29.2 Å². The molecule has 56 heavy (non-hydrogen) atoms. The third-order valence-electron chi connectivity index (χ3n) is 12.3. The molecule has 2 spiro atoms. The zero-order chi connectivity index (χ0) is 39.4. The monoisotopic (exact) mass is 780 g/mol. The Balaban J connectivity index is 1.12. The molecule has 0 bridgehead atoms. The standard InChI is InChI=1S/C40H48N8O7Si/c1-27-36(56(2,3)54)35(14-20-44-25-29(15-21-49)42-43-44)55-40(27)33-23-32(48(52)53)12-13-34(33)45(38(40)51)24-28-8-7-11-31(22-28)46-26-47(30-9-5-4-6-10-30)39(37(46)50)16-18-41-19-17-39/h4-13,22-23,25,27,35-36,41,49,54H,14-21,24,26H2,1-3H3/t27-,35+,36-,40+/m0/s1. The fourth-order valence-corrected chi connectivity index (χ4v) is 12.3. The molecule has 3 saturated heterocycles. The molecule has 1 aromatic heterocycles. The lowest BCUT2D eigenvalue weighted by atomic mass is 9.82. The number of aliphatic hydroxyl groups is 1. The molecule has 15 nitrogen and oxygen atoms in total. The molecule has 2 amide bonds. The van der Waals surface area contributed by atoms with E-state index in [1.807, 2.05) is 79.5 Å². The highest BCUT2D eigenvalue weighted by Gasteiger charge is 2.66. The minimum Gasteiger partial charge on any atom is -0.432 e. The number of rotatable bonds is 11. The highest BCUT2D eigenvalue weighted by atomic mass is 28.4. The van der Waals surface area contributed by atoms with E-state index in [9.17, 15) is 24.8 Å². The summed E-state index contributed by atoms with van der Waals surface area (Å²) in [6.07, 6.45) is 3.36. The Kier molecular flexibility index (Phi) is 9.81. The minimum absolute atomic E-state index is 0.0467. The number of benzene rings is 3. The molecule has 5 heterocycles. The number of anilines is 3. The Morgan fingerprint density at radius 3 is 2.48 bits per heavy atom. The maximum Gasteiger partial charge on any atom is 0.269 e. The molecule has 3 aromatic carbocycles. The molecule has 4 atom stereocenters. The van der Waals surface area contributed by atoms with Crippen molar-refractivity contribution in [3.8, 4) is 0 Å². The van der Waals surface area contributed by atoms with Gasteiger partial charge >= 0.3 is 0 Å². The number of hydrogen-bond donors (Lipinski definition) is 3. The molecule has 0 aliphatic carbocycles. The summed E-state index contributed by atoms with van der Waals surface area (Å²) in [5.74, 6) is -0.814. The van der Waals surface area contributed by atoms with E-state index in [1.165, 1.54) is 12.1 Å². The third-order valence-corrected chi connectivity index (χ3v) is 14.8. The van der Waals surface area contributed by atoms with Crippen LogP contribution in [-0.2, 0) is 39.4 Å². The summed E-state index contributed by atoms with van der Waals surface area (Å²) in [5.41, 5.74) is 1.29. The van der Waals surface area contributed by atoms with Gasteiger partial charge in [-0.15, -0.1) is 5.10 Å². The van der Waals surface area contributed by atoms with Crippen LogP contribution in [0.4, 0.5) is 22.7 Å². The number of nitrogens with zero attached hydrogens (tertiary/aromatic N) is 7. The normalized spacial score (nSPS) is 24.5. The summed E-state index contributed by atoms with van der Waals surface area (Å²) < 4.78 is 8.58. The topological polar surface area (TPSA) is 179 Å². The van der Waals surface area contributed by atoms with Crippen LogP contribution in [0.3, 0.4) is 0 Å². The lowest BCUT2D eigenvalue weighted by Gasteiger charge is -2.39. The number of aromatic nitrogens is 3. The lowest BCUT2D eigenvalue weighted by Crippen LogP contribution is -2.55. The average Bonchev–Trinajstić information content (AvgIpc) is 3.90. The molecule has 0 unspecified atom stereocenters. The molecule has 4 aliphatic heterocycles. The Bertz CT molecular complexity index is 2140. The summed E-state index contributed by atoms with van der Waals surface area (Å²) in [6, 6.07) is 22.2. The van der Waals surface area contributed by atoms with Crippen molar-refractivity contribution in [3.63, 3.8) is 0 Å². The number of nitro groups is 1. The SMILES string of the molecule is C[C@H]1[C@H]([Si](C)(C)O)[C@@H](CCn2cc(CCO)nn2)O[C@]12C(=O)N(Cc1cccc(N3CN(c4ccccc4)C4(CCNCC4)C3=O)c1)c1ccc([N+](=O)[O-])cc12. The van der Waals surface area contributed by atoms with Crippen molar-refractivity contribution in [2.24, 2.45) is 5.92 Å². The Hall–Kier alpha value is -5.00. The van der Waals surface area contributed by atoms with Gasteiger partial charge in [-0.3, -0.25) is 29.3 Å². The number of aryl methyl sites for hydroxylation is 1. The number of para-hydroxylation sites is 1. The quantitative estimate of drug-likeness (QED) is 0.113. The Morgan fingerprint density at radius 1 is 1.02 bits per heavy atom. The number of aliphatic hydroxyl groups excluding tert-OH is 1. The first-order valence-electron chi connectivity index (χ1n) is 19.3. The predicted octanol–water partition coefficient (Wildman–Crippen LogP) is 4.09. The summed E-state index contributed by atoms with van der Waals surface area (Å²) in [7, 11) is -3.00. The van der Waals surface area contributed by atoms with Crippen molar-refractivity contribution in [2.75, 3.05) is 41.1 Å². The molecule has 4 aliphatic rings. The number of carbonyl (C=O) groups excluding carboxylic acids is 2. The second-order valence-corrected chi connectivity index (χ2v) is 20.0. The van der Waals surface area contributed by atoms with Gasteiger partial charge in [0, 0.05) is 66.3 Å². The van der Waals surface area contributed by atoms with Crippen LogP contribution in [-0.4, -0.2) is 88.0 Å². The van der Waals surface area contributed by atoms with Gasteiger partial charge < -0.3 is 29.8 Å². The summed E-state index contributed by atoms with van der Waals surface area (Å²) >= 11 is 0. The predicted molar refractivity (Wildman–Crippen MR) is 211 cm³/mol. The largest absolute Gasteiger partial charge is 0.432 e. The second kappa shape index (κ2) is 14.5. The third kappa shape index (κ3) is 6.29. The number of piperidine rings is 1. The van der Waals surface area contributed by atoms with Crippen molar-refractivity contribution in [1.29, 1.82) is 0 Å². The molecule has 0 radical (unpaired) electrons. The molecule has 8 rings (SSSR count). The van der Waals surface area contributed by atoms with Crippen molar-refractivity contribution in [2.45, 2.75) is 81.6 Å². The van der Waals surface area contributed by atoms with E-state index in [-0.39, 0.29) is 30.7 Å². The van der Waals surface area contributed by atoms with Crippen LogP contribution >= 0.6 is 0 Å². The molecule has 3 fully saturated rings. The summed E-state index contributed by atoms with van der Waals surface area (Å²) in [5, 5.41) is 33.1. The number of ether oxygens (including phenoxy) is 1. The summed E-state index contributed by atoms with van der Waals surface area (Å²) in [4.78, 5) is 58.6. The van der Waals surface area contributed by atoms with Crippen molar-refractivity contribution in [3.05, 3.63) is 106 Å². The van der Waals surface area contributed by atoms with Gasteiger partial charge in [0.2, 0.25) is 0 Å². The fourth-order valence-electron chi connectivity index (χ4n) is 9.72. The van der Waals surface area contributed by atoms with Gasteiger partial charge in [0.15, 0.2) is 13.9 Å². The number of nitrogens with one attached hydrogen (secondary N) is 1. The van der Waals surface area contributed by atoms with Gasteiger partial charge in [-0.2, -0.15) is 0 Å². The molecule has 294 valence electrons. The number of amides is 2. The molecular weight excluding hydrogens is 733 g/mol. The van der Waals surface area contributed by atoms with E-state index in [0.29, 0.717) is 55.8 Å². The fraction of sp³-hybridized carbons (Fsp3) is 0.450. The molecule has 16 heteroatoms. The van der Waals surface area contributed by atoms with Gasteiger partial charge in [0.25, 0.3) is 17.5 Å². The molecular formula is C40H48N8O7Si. The smallest absolute Gasteiger partial charge is 0.269 e. The van der Waals surface area contributed by atoms with Gasteiger partial charge in [-0.05, 0) is 81.3 Å². The van der Waals surface area contributed by atoms with Crippen LogP contribution in [0, 0.1) is 16.0 Å². The van der Waals surface area contributed by atoms with Crippen molar-refractivity contribution in [1.82, 2.24) is 20.3 Å². The Labute approximate surface area is 326 Å². The first kappa shape index (κ1) is 37.9. The maximum absolute atomic E-state index is 15.1. The second-order valence-electron chi connectivity index (χ2n) is 16.0. The molecule has 0 saturated carbocycles. The first-order chi connectivity index (χ1) is 26.9. The van der Waals surface area contributed by atoms with Gasteiger partial charge in [0.05, 0.1) is 35.6 Å². The number of carbonyl (C=O) groups is 2. The van der Waals surface area contributed by atoms with Crippen LogP contribution in [0.1, 0.15) is 43.0 Å². The van der Waals surface area contributed by atoms with Crippen molar-refractivity contribution >= 4 is 42.9 Å². The highest BCUT2D eigenvalue weighted by molar-refractivity contribution is 6.71. The number of nitro benzene ring substituents is 1. The summed E-state index contributed by atoms with van der Waals surface area (Å²) in [6.45, 7) is 7.93. The minimum atomic E-state index is -3.00. The van der Waals surface area contributed by atoms with E-state index >= 15 is 4.79 Å². The zero-order valence-corrected chi connectivity index (χ0v) is 32.9. The maximum atomic E-state index is 15.1. The van der Waals surface area contributed by atoms with E-state index in [2.05, 4.69) is 20.5 Å². The highest BCUT2D eigenvalue weighted by Crippen LogP contribution is 2.60.